The zero-order valence-electron chi connectivity index (χ0n) is 18.1. The van der Waals surface area contributed by atoms with Gasteiger partial charge in [0, 0.05) is 11.7 Å². The third-order valence-electron chi connectivity index (χ3n) is 7.65. The zero-order chi connectivity index (χ0) is 21.7. The number of esters is 1. The van der Waals surface area contributed by atoms with Crippen molar-refractivity contribution in [3.8, 4) is 0 Å². The molecule has 1 saturated heterocycles. The number of hydrogen-bond acceptors (Lipinski definition) is 5. The first-order valence-electron chi connectivity index (χ1n) is 10.6. The Bertz CT molecular complexity index is 858. The van der Waals surface area contributed by atoms with Gasteiger partial charge in [-0.15, -0.1) is 11.8 Å². The van der Waals surface area contributed by atoms with Crippen molar-refractivity contribution in [2.45, 2.75) is 57.7 Å². The van der Waals surface area contributed by atoms with Crippen molar-refractivity contribution < 1.29 is 19.1 Å². The lowest BCUT2D eigenvalue weighted by Crippen LogP contribution is -2.48. The maximum atomic E-state index is 13.9. The number of carbonyl (C=O) groups is 3. The van der Waals surface area contributed by atoms with Gasteiger partial charge in [0.1, 0.15) is 0 Å². The Morgan fingerprint density at radius 1 is 1.27 bits per heavy atom. The number of ether oxygens (including phenoxy) is 1. The summed E-state index contributed by atoms with van der Waals surface area (Å²) in [5.41, 5.74) is 0.113. The first-order valence-corrected chi connectivity index (χ1v) is 11.7. The molecule has 1 heterocycles. The van der Waals surface area contributed by atoms with E-state index in [0.29, 0.717) is 5.92 Å². The molecule has 1 aliphatic heterocycles. The van der Waals surface area contributed by atoms with Crippen molar-refractivity contribution >= 4 is 35.2 Å². The number of fused-ring (bicyclic) bond motifs is 1. The second kappa shape index (κ2) is 7.59. The van der Waals surface area contributed by atoms with E-state index >= 15 is 0 Å². The fourth-order valence-electron chi connectivity index (χ4n) is 5.95. The molecule has 0 aromatic heterocycles. The van der Waals surface area contributed by atoms with Gasteiger partial charge in [-0.05, 0) is 42.7 Å². The molecule has 7 heteroatoms. The molecule has 6 nitrogen and oxygen atoms in total. The number of thioether (sulfide) groups is 1. The minimum atomic E-state index is -0.508. The topological polar surface area (TPSA) is 66.9 Å². The second-order valence-electron chi connectivity index (χ2n) is 9.27. The summed E-state index contributed by atoms with van der Waals surface area (Å²) in [6.45, 7) is 6.35. The lowest BCUT2D eigenvalue weighted by atomic mass is 9.67. The van der Waals surface area contributed by atoms with Crippen LogP contribution in [0.5, 0.6) is 0 Å². The second-order valence-corrected chi connectivity index (χ2v) is 10.7. The first-order chi connectivity index (χ1) is 14.2. The highest BCUT2D eigenvalue weighted by Crippen LogP contribution is 2.70. The Balaban J connectivity index is 1.64. The maximum Gasteiger partial charge on any atom is 0.315 e. The van der Waals surface area contributed by atoms with Crippen molar-refractivity contribution in [2.75, 3.05) is 17.9 Å². The first kappa shape index (κ1) is 21.2. The van der Waals surface area contributed by atoms with Crippen LogP contribution >= 0.6 is 11.8 Å². The Kier molecular flexibility index (Phi) is 5.37. The smallest absolute Gasteiger partial charge is 0.315 e. The summed E-state index contributed by atoms with van der Waals surface area (Å²) in [5.74, 6) is 0.393. The molecule has 2 aliphatic carbocycles. The van der Waals surface area contributed by atoms with E-state index in [9.17, 15) is 14.4 Å². The molecule has 0 unspecified atom stereocenters. The van der Waals surface area contributed by atoms with E-state index in [0.717, 1.165) is 24.9 Å². The van der Waals surface area contributed by atoms with Crippen LogP contribution < -0.4 is 5.01 Å². The van der Waals surface area contributed by atoms with Crippen LogP contribution in [0.1, 0.15) is 46.5 Å². The summed E-state index contributed by atoms with van der Waals surface area (Å²) in [6.07, 6.45) is 3.03. The predicted octanol–water partition coefficient (Wildman–Crippen LogP) is 3.66. The van der Waals surface area contributed by atoms with Crippen LogP contribution in [0.25, 0.3) is 0 Å². The van der Waals surface area contributed by atoms with Gasteiger partial charge < -0.3 is 4.74 Å². The third kappa shape index (κ3) is 2.96. The Morgan fingerprint density at radius 3 is 2.60 bits per heavy atom. The number of para-hydroxylation sites is 1. The largest absolute Gasteiger partial charge is 0.468 e. The molecule has 2 amide bonds. The van der Waals surface area contributed by atoms with Gasteiger partial charge in [0.25, 0.3) is 5.91 Å². The molecule has 0 radical (unpaired) electrons. The molecule has 162 valence electrons. The van der Waals surface area contributed by atoms with Crippen molar-refractivity contribution in [3.63, 3.8) is 0 Å². The average Bonchev–Trinajstić information content (AvgIpc) is 3.25. The highest BCUT2D eigenvalue weighted by atomic mass is 32.2. The molecular formula is C23H30N2O4S. The number of nitrogens with zero attached hydrogens (tertiary/aromatic N) is 2. The number of methoxy groups -OCH3 is 1. The van der Waals surface area contributed by atoms with E-state index in [4.69, 9.17) is 4.74 Å². The van der Waals surface area contributed by atoms with Crippen molar-refractivity contribution in [2.24, 2.45) is 16.7 Å². The number of carbonyl (C=O) groups excluding carboxylic acids is 3. The van der Waals surface area contributed by atoms with Crippen LogP contribution in [0, 0.1) is 16.7 Å². The van der Waals surface area contributed by atoms with Gasteiger partial charge in [-0.25, -0.2) is 10.0 Å². The van der Waals surface area contributed by atoms with Crippen LogP contribution in [0.2, 0.25) is 0 Å². The summed E-state index contributed by atoms with van der Waals surface area (Å²) in [5, 5.41) is 3.36. The molecule has 1 aromatic rings. The molecule has 0 N–H and O–H groups in total. The molecule has 4 rings (SSSR count). The Morgan fingerprint density at radius 2 is 1.97 bits per heavy atom. The molecular weight excluding hydrogens is 400 g/mol. The maximum absolute atomic E-state index is 13.9. The molecule has 1 aromatic carbocycles. The summed E-state index contributed by atoms with van der Waals surface area (Å²) < 4.78 is 4.70. The Labute approximate surface area is 182 Å². The zero-order valence-corrected chi connectivity index (χ0v) is 18.9. The van der Waals surface area contributed by atoms with Gasteiger partial charge in [-0.1, -0.05) is 39.0 Å². The van der Waals surface area contributed by atoms with Crippen LogP contribution in [-0.2, 0) is 19.1 Å². The lowest BCUT2D eigenvalue weighted by Gasteiger charge is -2.35. The van der Waals surface area contributed by atoms with Gasteiger partial charge in [-0.2, -0.15) is 0 Å². The standard InChI is InChI=1S/C23H30N2O4S/c1-15(30-14-20(27)29-4)12-19(26)25-18-13-16-10-11-23(18,22(16,2)3)21(28)24(25)17-8-6-5-7-9-17/h5-9,15-16,18H,10-14H2,1-4H3/t15-,16-,18-,23+/m1/s1. The third-order valence-corrected chi connectivity index (χ3v) is 8.79. The normalized spacial score (nSPS) is 29.8. The fraction of sp³-hybridized carbons (Fsp3) is 0.609. The van der Waals surface area contributed by atoms with Crippen LogP contribution in [0.15, 0.2) is 30.3 Å². The van der Waals surface area contributed by atoms with E-state index in [2.05, 4.69) is 13.8 Å². The van der Waals surface area contributed by atoms with Gasteiger partial charge in [0.2, 0.25) is 5.91 Å². The summed E-state index contributed by atoms with van der Waals surface area (Å²) in [4.78, 5) is 38.9. The molecule has 2 saturated carbocycles. The average molecular weight is 431 g/mol. The number of hydrogen-bond donors (Lipinski definition) is 0. The number of amides is 2. The summed E-state index contributed by atoms with van der Waals surface area (Å²) in [7, 11) is 1.36. The van der Waals surface area contributed by atoms with E-state index in [-0.39, 0.29) is 46.7 Å². The van der Waals surface area contributed by atoms with Gasteiger partial charge in [0.15, 0.2) is 0 Å². The summed E-state index contributed by atoms with van der Waals surface area (Å²) in [6, 6.07) is 9.40. The SMILES string of the molecule is COC(=O)CS[C@H](C)CC(=O)N1[C@@H]2C[C@H]3CC[C@]2(C(=O)N1c1ccccc1)C3(C)C. The highest BCUT2D eigenvalue weighted by molar-refractivity contribution is 8.00. The quantitative estimate of drug-likeness (QED) is 0.645. The predicted molar refractivity (Wildman–Crippen MR) is 117 cm³/mol. The number of hydrazine groups is 1. The molecule has 3 aliphatic rings. The lowest BCUT2D eigenvalue weighted by molar-refractivity contribution is -0.137. The van der Waals surface area contributed by atoms with Crippen molar-refractivity contribution in [1.29, 1.82) is 0 Å². The Hall–Kier alpha value is -2.02. The fourth-order valence-corrected chi connectivity index (χ4v) is 6.75. The number of benzene rings is 1. The minimum absolute atomic E-state index is 0.0486. The highest BCUT2D eigenvalue weighted by Gasteiger charge is 2.75. The van der Waals surface area contributed by atoms with Crippen molar-refractivity contribution in [1.82, 2.24) is 5.01 Å². The van der Waals surface area contributed by atoms with Gasteiger partial charge in [-0.3, -0.25) is 14.4 Å². The van der Waals surface area contributed by atoms with Crippen LogP contribution in [0.3, 0.4) is 0 Å². The summed E-state index contributed by atoms with van der Waals surface area (Å²) >= 11 is 1.41. The monoisotopic (exact) mass is 430 g/mol. The van der Waals surface area contributed by atoms with Crippen LogP contribution in [-0.4, -0.2) is 46.9 Å². The van der Waals surface area contributed by atoms with Crippen LogP contribution in [0.4, 0.5) is 5.69 Å². The van der Waals surface area contributed by atoms with Gasteiger partial charge in [0.05, 0.1) is 30.0 Å². The number of anilines is 1. The molecule has 1 spiro atoms. The van der Waals surface area contributed by atoms with E-state index in [1.165, 1.54) is 18.9 Å². The van der Waals surface area contributed by atoms with E-state index in [1.54, 1.807) is 10.0 Å². The molecule has 2 bridgehead atoms. The minimum Gasteiger partial charge on any atom is -0.468 e. The number of rotatable bonds is 6. The van der Waals surface area contributed by atoms with Gasteiger partial charge >= 0.3 is 5.97 Å². The van der Waals surface area contributed by atoms with E-state index in [1.807, 2.05) is 37.3 Å². The molecule has 30 heavy (non-hydrogen) atoms. The van der Waals surface area contributed by atoms with E-state index < -0.39 is 5.41 Å². The van der Waals surface area contributed by atoms with Crippen molar-refractivity contribution in [3.05, 3.63) is 30.3 Å². The molecule has 4 atom stereocenters. The molecule has 3 fully saturated rings.